The molecule has 62 heavy (non-hydrogen) atoms. The second kappa shape index (κ2) is 16.4. The Morgan fingerprint density at radius 1 is 0.274 bits per heavy atom. The summed E-state index contributed by atoms with van der Waals surface area (Å²) in [4.78, 5) is 20.0. The van der Waals surface area contributed by atoms with Crippen LogP contribution in [0.2, 0.25) is 0 Å². The standard InChI is InChI=1S/C56H34N6/c57-35-47-45-23-13-14-24-46(45)48(36-58)54(42-31-27-40(28-32-42)52-34-50(38-17-7-2-8-18-38)60-56(62-52)44-21-11-4-12-22-44)53(47)41-29-25-39(26-30-41)51-33-49(37-15-5-1-6-16-37)59-55(61-51)43-19-9-3-10-20-43/h1-34H. The fourth-order valence-electron chi connectivity index (χ4n) is 8.00. The molecule has 0 fully saturated rings. The van der Waals surface area contributed by atoms with Gasteiger partial charge in [0.15, 0.2) is 11.6 Å². The van der Waals surface area contributed by atoms with Gasteiger partial charge < -0.3 is 0 Å². The number of rotatable bonds is 8. The second-order valence-electron chi connectivity index (χ2n) is 14.8. The molecule has 10 aromatic rings. The molecule has 10 rings (SSSR count). The van der Waals surface area contributed by atoms with E-state index in [2.05, 4.69) is 12.1 Å². The summed E-state index contributed by atoms with van der Waals surface area (Å²) in [6.45, 7) is 0. The van der Waals surface area contributed by atoms with Gasteiger partial charge in [0.1, 0.15) is 12.1 Å². The lowest BCUT2D eigenvalue weighted by atomic mass is 9.83. The lowest BCUT2D eigenvalue weighted by Crippen LogP contribution is -1.98. The Labute approximate surface area is 359 Å². The first-order chi connectivity index (χ1) is 30.6. The molecule has 6 nitrogen and oxygen atoms in total. The zero-order valence-electron chi connectivity index (χ0n) is 33.3. The van der Waals surface area contributed by atoms with Gasteiger partial charge in [-0.05, 0) is 23.3 Å². The smallest absolute Gasteiger partial charge is 0.160 e. The topological polar surface area (TPSA) is 99.1 Å². The van der Waals surface area contributed by atoms with Crippen LogP contribution in [0.5, 0.6) is 0 Å². The summed E-state index contributed by atoms with van der Waals surface area (Å²) in [5.41, 5.74) is 12.8. The average Bonchev–Trinajstić information content (AvgIpc) is 3.36. The zero-order chi connectivity index (χ0) is 41.8. The minimum Gasteiger partial charge on any atom is -0.228 e. The Morgan fingerprint density at radius 3 is 0.839 bits per heavy atom. The van der Waals surface area contributed by atoms with Crippen molar-refractivity contribution in [2.45, 2.75) is 0 Å². The molecule has 0 atom stereocenters. The van der Waals surface area contributed by atoms with Crippen molar-refractivity contribution in [3.05, 3.63) is 217 Å². The summed E-state index contributed by atoms with van der Waals surface area (Å²) < 4.78 is 0. The quantitative estimate of drug-likeness (QED) is 0.152. The molecule has 0 unspecified atom stereocenters. The molecular formula is C56H34N6. The van der Waals surface area contributed by atoms with Crippen molar-refractivity contribution in [1.82, 2.24) is 19.9 Å². The van der Waals surface area contributed by atoms with Crippen molar-refractivity contribution in [3.8, 4) is 102 Å². The number of nitriles is 2. The molecular weight excluding hydrogens is 757 g/mol. The van der Waals surface area contributed by atoms with E-state index in [0.717, 1.165) is 78.1 Å². The van der Waals surface area contributed by atoms with Crippen LogP contribution in [0, 0.1) is 22.7 Å². The molecule has 0 radical (unpaired) electrons. The largest absolute Gasteiger partial charge is 0.228 e. The highest BCUT2D eigenvalue weighted by atomic mass is 14.9. The van der Waals surface area contributed by atoms with Crippen LogP contribution in [0.1, 0.15) is 11.1 Å². The highest BCUT2D eigenvalue weighted by Crippen LogP contribution is 2.44. The Hall–Kier alpha value is -8.84. The first kappa shape index (κ1) is 37.4. The van der Waals surface area contributed by atoms with Gasteiger partial charge in [-0.2, -0.15) is 10.5 Å². The summed E-state index contributed by atoms with van der Waals surface area (Å²) >= 11 is 0. The number of hydrogen-bond donors (Lipinski definition) is 0. The predicted molar refractivity (Wildman–Crippen MR) is 248 cm³/mol. The predicted octanol–water partition coefficient (Wildman–Crippen LogP) is 13.5. The van der Waals surface area contributed by atoms with E-state index in [1.54, 1.807) is 0 Å². The van der Waals surface area contributed by atoms with E-state index in [4.69, 9.17) is 19.9 Å². The van der Waals surface area contributed by atoms with Crippen LogP contribution >= 0.6 is 0 Å². The molecule has 0 bridgehead atoms. The van der Waals surface area contributed by atoms with Gasteiger partial charge in [-0.15, -0.1) is 0 Å². The molecule has 6 heteroatoms. The maximum Gasteiger partial charge on any atom is 0.160 e. The molecule has 288 valence electrons. The highest BCUT2D eigenvalue weighted by molar-refractivity contribution is 6.06. The molecule has 0 N–H and O–H groups in total. The molecule has 0 amide bonds. The molecule has 2 aromatic heterocycles. The molecule has 0 aliphatic rings. The third-order valence-electron chi connectivity index (χ3n) is 11.0. The van der Waals surface area contributed by atoms with Crippen molar-refractivity contribution in [1.29, 1.82) is 10.5 Å². The van der Waals surface area contributed by atoms with Crippen LogP contribution < -0.4 is 0 Å². The van der Waals surface area contributed by atoms with E-state index in [-0.39, 0.29) is 0 Å². The minimum atomic E-state index is 0.502. The van der Waals surface area contributed by atoms with Crippen LogP contribution in [0.3, 0.4) is 0 Å². The number of aromatic nitrogens is 4. The van der Waals surface area contributed by atoms with E-state index in [0.29, 0.717) is 33.9 Å². The third-order valence-corrected chi connectivity index (χ3v) is 11.0. The van der Waals surface area contributed by atoms with E-state index in [9.17, 15) is 10.5 Å². The van der Waals surface area contributed by atoms with Crippen molar-refractivity contribution >= 4 is 10.8 Å². The number of benzene rings is 8. The van der Waals surface area contributed by atoms with Crippen LogP contribution in [0.4, 0.5) is 0 Å². The summed E-state index contributed by atoms with van der Waals surface area (Å²) in [5.74, 6) is 1.26. The van der Waals surface area contributed by atoms with Crippen molar-refractivity contribution in [2.24, 2.45) is 0 Å². The Morgan fingerprint density at radius 2 is 0.532 bits per heavy atom. The Balaban J connectivity index is 1.10. The monoisotopic (exact) mass is 790 g/mol. The number of hydrogen-bond acceptors (Lipinski definition) is 6. The summed E-state index contributed by atoms with van der Waals surface area (Å²) in [5, 5.41) is 23.2. The van der Waals surface area contributed by atoms with Crippen LogP contribution in [0.25, 0.3) is 101 Å². The second-order valence-corrected chi connectivity index (χ2v) is 14.8. The molecule has 0 aliphatic heterocycles. The molecule has 0 aliphatic carbocycles. The third kappa shape index (κ3) is 7.15. The normalized spacial score (nSPS) is 10.9. The lowest BCUT2D eigenvalue weighted by molar-refractivity contribution is 1.18. The van der Waals surface area contributed by atoms with E-state index >= 15 is 0 Å². The van der Waals surface area contributed by atoms with Crippen LogP contribution in [0.15, 0.2) is 206 Å². The average molecular weight is 791 g/mol. The van der Waals surface area contributed by atoms with E-state index in [1.165, 1.54) is 0 Å². The number of fused-ring (bicyclic) bond motifs is 1. The summed E-state index contributed by atoms with van der Waals surface area (Å²) in [6.07, 6.45) is 0. The fourth-order valence-corrected chi connectivity index (χ4v) is 8.00. The number of nitrogens with zero attached hydrogens (tertiary/aromatic N) is 6. The van der Waals surface area contributed by atoms with Gasteiger partial charge in [-0.3, -0.25) is 0 Å². The minimum absolute atomic E-state index is 0.502. The maximum absolute atomic E-state index is 10.9. The molecule has 0 saturated heterocycles. The zero-order valence-corrected chi connectivity index (χ0v) is 33.3. The van der Waals surface area contributed by atoms with Gasteiger partial charge in [0.2, 0.25) is 0 Å². The Kier molecular flexibility index (Phi) is 9.92. The molecule has 0 saturated carbocycles. The molecule has 0 spiro atoms. The van der Waals surface area contributed by atoms with Crippen LogP contribution in [-0.4, -0.2) is 19.9 Å². The van der Waals surface area contributed by atoms with Gasteiger partial charge in [-0.25, -0.2) is 19.9 Å². The molecule has 8 aromatic carbocycles. The van der Waals surface area contributed by atoms with Gasteiger partial charge in [0, 0.05) is 55.3 Å². The highest BCUT2D eigenvalue weighted by Gasteiger charge is 2.23. The Bertz CT molecular complexity index is 2980. The van der Waals surface area contributed by atoms with Crippen LogP contribution in [-0.2, 0) is 0 Å². The van der Waals surface area contributed by atoms with Gasteiger partial charge in [-0.1, -0.05) is 194 Å². The lowest BCUT2D eigenvalue weighted by Gasteiger charge is -2.18. The summed E-state index contributed by atoms with van der Waals surface area (Å²) in [7, 11) is 0. The van der Waals surface area contributed by atoms with Gasteiger partial charge in [0.25, 0.3) is 0 Å². The fraction of sp³-hybridized carbons (Fsp3) is 0. The maximum atomic E-state index is 10.9. The SMILES string of the molecule is N#Cc1c(-c2ccc(-c3cc(-c4ccccc4)nc(-c4ccccc4)n3)cc2)c(-c2ccc(-c3cc(-c4ccccc4)nc(-c4ccccc4)n3)cc2)c(C#N)c2ccccc12. The van der Waals surface area contributed by atoms with Crippen molar-refractivity contribution in [2.75, 3.05) is 0 Å². The first-order valence-corrected chi connectivity index (χ1v) is 20.3. The van der Waals surface area contributed by atoms with E-state index in [1.807, 2.05) is 206 Å². The van der Waals surface area contributed by atoms with Crippen molar-refractivity contribution in [3.63, 3.8) is 0 Å². The van der Waals surface area contributed by atoms with Gasteiger partial charge >= 0.3 is 0 Å². The first-order valence-electron chi connectivity index (χ1n) is 20.3. The molecule has 2 heterocycles. The van der Waals surface area contributed by atoms with E-state index < -0.39 is 0 Å². The van der Waals surface area contributed by atoms with Gasteiger partial charge in [0.05, 0.1) is 33.9 Å². The van der Waals surface area contributed by atoms with Crippen molar-refractivity contribution < 1.29 is 0 Å². The summed E-state index contributed by atoms with van der Waals surface area (Å²) in [6, 6.07) is 73.1.